The van der Waals surface area contributed by atoms with Gasteiger partial charge in [0.1, 0.15) is 17.0 Å². The molecule has 1 aliphatic heterocycles. The molecular weight excluding hydrogens is 337 g/mol. The molecule has 0 aliphatic carbocycles. The zero-order valence-corrected chi connectivity index (χ0v) is 14.1. The summed E-state index contributed by atoms with van der Waals surface area (Å²) in [6.45, 7) is 1.03. The molecule has 0 spiro atoms. The van der Waals surface area contributed by atoms with Crippen LogP contribution >= 0.6 is 0 Å². The number of imidazole rings is 1. The number of hydrogen-bond donors (Lipinski definition) is 0. The predicted molar refractivity (Wildman–Crippen MR) is 90.1 cm³/mol. The lowest BCUT2D eigenvalue weighted by atomic mass is 9.79. The second-order valence-electron chi connectivity index (χ2n) is 6.55. The number of benzene rings is 1. The summed E-state index contributed by atoms with van der Waals surface area (Å²) in [5.41, 5.74) is 2.03. The van der Waals surface area contributed by atoms with Crippen LogP contribution in [0.25, 0.3) is 17.1 Å². The van der Waals surface area contributed by atoms with Gasteiger partial charge in [0.15, 0.2) is 5.82 Å². The zero-order valence-electron chi connectivity index (χ0n) is 14.1. The minimum atomic E-state index is -0.532. The van der Waals surface area contributed by atoms with Crippen LogP contribution in [0.3, 0.4) is 0 Å². The van der Waals surface area contributed by atoms with Gasteiger partial charge in [0.05, 0.1) is 18.2 Å². The lowest BCUT2D eigenvalue weighted by Gasteiger charge is -2.23. The Balaban J connectivity index is 1.61. The van der Waals surface area contributed by atoms with Crippen LogP contribution in [0, 0.1) is 5.82 Å². The maximum Gasteiger partial charge on any atom is 0.263 e. The second-order valence-corrected chi connectivity index (χ2v) is 6.55. The third kappa shape index (κ3) is 2.12. The number of aromatic nitrogens is 5. The molecule has 1 aromatic carbocycles. The summed E-state index contributed by atoms with van der Waals surface area (Å²) in [4.78, 5) is 4.66. The minimum Gasteiger partial charge on any atom is -0.380 e. The van der Waals surface area contributed by atoms with Gasteiger partial charge in [0.25, 0.3) is 5.89 Å². The SMILES string of the molecule is Cn1ccn2ncc(-c3nc(C4(c5ccc(F)cc5)CCOC4)no3)c12. The molecule has 132 valence electrons. The van der Waals surface area contributed by atoms with Crippen molar-refractivity contribution in [2.75, 3.05) is 13.2 Å². The summed E-state index contributed by atoms with van der Waals surface area (Å²) < 4.78 is 28.3. The number of rotatable bonds is 3. The minimum absolute atomic E-state index is 0.275. The van der Waals surface area contributed by atoms with E-state index >= 15 is 0 Å². The maximum atomic E-state index is 13.4. The summed E-state index contributed by atoms with van der Waals surface area (Å²) in [7, 11) is 1.93. The van der Waals surface area contributed by atoms with E-state index in [0.29, 0.717) is 31.3 Å². The summed E-state index contributed by atoms with van der Waals surface area (Å²) in [6.07, 6.45) is 6.20. The van der Waals surface area contributed by atoms with E-state index in [9.17, 15) is 4.39 Å². The first-order chi connectivity index (χ1) is 12.7. The van der Waals surface area contributed by atoms with E-state index in [0.717, 1.165) is 16.8 Å². The highest BCUT2D eigenvalue weighted by molar-refractivity contribution is 5.71. The first kappa shape index (κ1) is 15.3. The van der Waals surface area contributed by atoms with Gasteiger partial charge in [-0.05, 0) is 24.1 Å². The quantitative estimate of drug-likeness (QED) is 0.566. The molecule has 1 fully saturated rings. The number of halogens is 1. The van der Waals surface area contributed by atoms with Crippen molar-refractivity contribution in [3.63, 3.8) is 0 Å². The third-order valence-corrected chi connectivity index (χ3v) is 5.04. The van der Waals surface area contributed by atoms with Crippen LogP contribution < -0.4 is 0 Å². The van der Waals surface area contributed by atoms with E-state index in [1.807, 2.05) is 24.0 Å². The Kier molecular flexibility index (Phi) is 3.23. The molecule has 0 saturated carbocycles. The van der Waals surface area contributed by atoms with Gasteiger partial charge in [0, 0.05) is 26.0 Å². The smallest absolute Gasteiger partial charge is 0.263 e. The fourth-order valence-electron chi connectivity index (χ4n) is 3.60. The molecule has 0 amide bonds. The van der Waals surface area contributed by atoms with Gasteiger partial charge in [-0.25, -0.2) is 8.91 Å². The average Bonchev–Trinajstić information content (AvgIpc) is 3.41. The maximum absolute atomic E-state index is 13.4. The van der Waals surface area contributed by atoms with Gasteiger partial charge in [-0.2, -0.15) is 10.1 Å². The van der Waals surface area contributed by atoms with Crippen molar-refractivity contribution < 1.29 is 13.7 Å². The van der Waals surface area contributed by atoms with Crippen molar-refractivity contribution in [2.24, 2.45) is 7.05 Å². The predicted octanol–water partition coefficient (Wildman–Crippen LogP) is 2.57. The Bertz CT molecular complexity index is 1070. The van der Waals surface area contributed by atoms with Crippen LogP contribution in [0.4, 0.5) is 4.39 Å². The second kappa shape index (κ2) is 5.50. The molecule has 0 bridgehead atoms. The molecule has 1 aliphatic rings. The topological polar surface area (TPSA) is 70.4 Å². The van der Waals surface area contributed by atoms with Crippen molar-refractivity contribution in [2.45, 2.75) is 11.8 Å². The lowest BCUT2D eigenvalue weighted by Crippen LogP contribution is -2.29. The molecule has 7 nitrogen and oxygen atoms in total. The third-order valence-electron chi connectivity index (χ3n) is 5.04. The van der Waals surface area contributed by atoms with Gasteiger partial charge < -0.3 is 13.8 Å². The standard InChI is InChI=1S/C18H16FN5O2/c1-23-7-8-24-16(23)14(10-20-24)15-21-17(22-26-15)18(6-9-25-11-18)12-2-4-13(19)5-3-12/h2-5,7-8,10H,6,9,11H2,1H3. The van der Waals surface area contributed by atoms with Gasteiger partial charge in [-0.3, -0.25) is 0 Å². The summed E-state index contributed by atoms with van der Waals surface area (Å²) >= 11 is 0. The molecule has 1 unspecified atom stereocenters. The molecule has 0 N–H and O–H groups in total. The van der Waals surface area contributed by atoms with Crippen molar-refractivity contribution in [1.82, 2.24) is 24.3 Å². The van der Waals surface area contributed by atoms with Crippen LogP contribution in [0.5, 0.6) is 0 Å². The molecule has 3 aromatic heterocycles. The van der Waals surface area contributed by atoms with Gasteiger partial charge in [-0.1, -0.05) is 17.3 Å². The van der Waals surface area contributed by atoms with Crippen LogP contribution in [0.15, 0.2) is 47.4 Å². The number of aryl methyl sites for hydroxylation is 1. The number of nitrogens with zero attached hydrogens (tertiary/aromatic N) is 5. The largest absolute Gasteiger partial charge is 0.380 e. The fourth-order valence-corrected chi connectivity index (χ4v) is 3.60. The Morgan fingerprint density at radius 3 is 2.81 bits per heavy atom. The van der Waals surface area contributed by atoms with Crippen LogP contribution in [0.2, 0.25) is 0 Å². The normalized spacial score (nSPS) is 20.2. The highest BCUT2D eigenvalue weighted by Crippen LogP contribution is 2.39. The van der Waals surface area contributed by atoms with Crippen molar-refractivity contribution in [3.05, 3.63) is 60.1 Å². The Labute approximate surface area is 148 Å². The van der Waals surface area contributed by atoms with E-state index in [1.54, 1.807) is 22.8 Å². The molecular formula is C18H16FN5O2. The Morgan fingerprint density at radius 1 is 1.19 bits per heavy atom. The molecule has 4 aromatic rings. The molecule has 1 atom stereocenters. The number of hydrogen-bond acceptors (Lipinski definition) is 5. The van der Waals surface area contributed by atoms with Crippen molar-refractivity contribution in [3.8, 4) is 11.5 Å². The van der Waals surface area contributed by atoms with E-state index in [2.05, 4.69) is 15.2 Å². The first-order valence-corrected chi connectivity index (χ1v) is 8.34. The summed E-state index contributed by atoms with van der Waals surface area (Å²) in [5, 5.41) is 8.55. The highest BCUT2D eigenvalue weighted by Gasteiger charge is 2.43. The van der Waals surface area contributed by atoms with E-state index < -0.39 is 5.41 Å². The van der Waals surface area contributed by atoms with E-state index in [1.165, 1.54) is 12.1 Å². The van der Waals surface area contributed by atoms with Crippen LogP contribution in [-0.2, 0) is 17.2 Å². The monoisotopic (exact) mass is 353 g/mol. The highest BCUT2D eigenvalue weighted by atomic mass is 19.1. The molecule has 26 heavy (non-hydrogen) atoms. The van der Waals surface area contributed by atoms with Crippen LogP contribution in [0.1, 0.15) is 17.8 Å². The fraction of sp³-hybridized carbons (Fsp3) is 0.278. The van der Waals surface area contributed by atoms with E-state index in [4.69, 9.17) is 9.26 Å². The molecule has 4 heterocycles. The Morgan fingerprint density at radius 2 is 2.04 bits per heavy atom. The zero-order chi connectivity index (χ0) is 17.7. The van der Waals surface area contributed by atoms with Crippen LogP contribution in [-0.4, -0.2) is 37.5 Å². The number of ether oxygens (including phenoxy) is 1. The average molecular weight is 353 g/mol. The number of fused-ring (bicyclic) bond motifs is 1. The molecule has 0 radical (unpaired) electrons. The van der Waals surface area contributed by atoms with Gasteiger partial charge in [-0.15, -0.1) is 0 Å². The molecule has 5 rings (SSSR count). The van der Waals surface area contributed by atoms with Crippen molar-refractivity contribution >= 4 is 5.65 Å². The van der Waals surface area contributed by atoms with Gasteiger partial charge in [0.2, 0.25) is 0 Å². The molecule has 8 heteroatoms. The molecule has 1 saturated heterocycles. The van der Waals surface area contributed by atoms with Gasteiger partial charge >= 0.3 is 0 Å². The summed E-state index contributed by atoms with van der Waals surface area (Å²) in [6, 6.07) is 6.41. The van der Waals surface area contributed by atoms with E-state index in [-0.39, 0.29) is 5.82 Å². The Hall–Kier alpha value is -3.00. The summed E-state index contributed by atoms with van der Waals surface area (Å²) in [5.74, 6) is 0.679. The first-order valence-electron chi connectivity index (χ1n) is 8.34. The lowest BCUT2D eigenvalue weighted by molar-refractivity contribution is 0.182. The van der Waals surface area contributed by atoms with Crippen molar-refractivity contribution in [1.29, 1.82) is 0 Å².